The van der Waals surface area contributed by atoms with Gasteiger partial charge < -0.3 is 4.74 Å². The highest BCUT2D eigenvalue weighted by atomic mass is 32.2. The van der Waals surface area contributed by atoms with E-state index >= 15 is 0 Å². The number of hydrogen-bond donors (Lipinski definition) is 0. The number of carbonyl (C=O) groups excluding carboxylic acids is 1. The van der Waals surface area contributed by atoms with E-state index in [-0.39, 0.29) is 17.5 Å². The van der Waals surface area contributed by atoms with Crippen molar-refractivity contribution in [2.45, 2.75) is 17.6 Å². The number of pyridine rings is 1. The number of thioether (sulfide) groups is 1. The number of halogens is 3. The Morgan fingerprint density at radius 3 is 2.79 bits per heavy atom. The molecule has 0 aromatic carbocycles. The molecular formula is C12H12F3NO2S. The van der Waals surface area contributed by atoms with Crippen molar-refractivity contribution >= 4 is 17.5 Å². The lowest BCUT2D eigenvalue weighted by atomic mass is 10.1. The van der Waals surface area contributed by atoms with Gasteiger partial charge in [0.25, 0.3) is 0 Å². The summed E-state index contributed by atoms with van der Waals surface area (Å²) in [7, 11) is 0. The average molecular weight is 291 g/mol. The molecule has 1 atom stereocenters. The first-order valence-electron chi connectivity index (χ1n) is 5.73. The van der Waals surface area contributed by atoms with Gasteiger partial charge in [0.1, 0.15) is 5.78 Å². The number of hydrogen-bond acceptors (Lipinski definition) is 4. The molecule has 1 saturated heterocycles. The third-order valence-electron chi connectivity index (χ3n) is 2.81. The third-order valence-corrected chi connectivity index (χ3v) is 3.78. The molecule has 0 radical (unpaired) electrons. The zero-order valence-corrected chi connectivity index (χ0v) is 10.8. The largest absolute Gasteiger partial charge is 0.417 e. The maximum absolute atomic E-state index is 12.3. The molecule has 3 nitrogen and oxygen atoms in total. The Morgan fingerprint density at radius 2 is 2.26 bits per heavy atom. The molecule has 0 saturated carbocycles. The van der Waals surface area contributed by atoms with Crippen LogP contribution in [0.5, 0.6) is 0 Å². The van der Waals surface area contributed by atoms with Crippen molar-refractivity contribution in [3.05, 3.63) is 23.9 Å². The minimum absolute atomic E-state index is 0.0594. The van der Waals surface area contributed by atoms with Crippen molar-refractivity contribution in [2.24, 2.45) is 5.92 Å². The molecule has 0 aliphatic carbocycles. The smallest absolute Gasteiger partial charge is 0.381 e. The number of aromatic nitrogens is 1. The summed E-state index contributed by atoms with van der Waals surface area (Å²) in [4.78, 5) is 15.4. The summed E-state index contributed by atoms with van der Waals surface area (Å²) in [5.41, 5.74) is -0.785. The van der Waals surface area contributed by atoms with Crippen LogP contribution in [0.1, 0.15) is 12.0 Å². The SMILES string of the molecule is O=C(CSc1ccc(C(F)(F)F)cn1)C1CCOC1. The first kappa shape index (κ1) is 14.3. The predicted octanol–water partition coefficient (Wildman–Crippen LogP) is 2.80. The van der Waals surface area contributed by atoms with Crippen LogP contribution < -0.4 is 0 Å². The molecular weight excluding hydrogens is 279 g/mol. The van der Waals surface area contributed by atoms with Gasteiger partial charge in [0.05, 0.1) is 22.9 Å². The van der Waals surface area contributed by atoms with Crippen molar-refractivity contribution in [1.29, 1.82) is 0 Å². The zero-order valence-electron chi connectivity index (χ0n) is 9.94. The molecule has 19 heavy (non-hydrogen) atoms. The molecule has 1 fully saturated rings. The van der Waals surface area contributed by atoms with Crippen LogP contribution in [-0.2, 0) is 15.7 Å². The molecule has 1 aliphatic rings. The van der Waals surface area contributed by atoms with E-state index in [0.29, 0.717) is 18.2 Å². The number of alkyl halides is 3. The van der Waals surface area contributed by atoms with E-state index in [2.05, 4.69) is 4.98 Å². The van der Waals surface area contributed by atoms with Gasteiger partial charge in [-0.1, -0.05) is 11.8 Å². The molecule has 1 aromatic heterocycles. The standard InChI is InChI=1S/C12H12F3NO2S/c13-12(14,15)9-1-2-11(16-5-9)19-7-10(17)8-3-4-18-6-8/h1-2,5,8H,3-4,6-7H2. The molecule has 1 aliphatic heterocycles. The van der Waals surface area contributed by atoms with Crippen molar-refractivity contribution in [1.82, 2.24) is 4.98 Å². The number of carbonyl (C=O) groups is 1. The third kappa shape index (κ3) is 3.94. The molecule has 2 heterocycles. The second kappa shape index (κ2) is 5.92. The molecule has 0 spiro atoms. The van der Waals surface area contributed by atoms with E-state index in [1.54, 1.807) is 0 Å². The number of ether oxygens (including phenoxy) is 1. The summed E-state index contributed by atoms with van der Waals surface area (Å²) in [6.45, 7) is 1.04. The summed E-state index contributed by atoms with van der Waals surface area (Å²) in [6, 6.07) is 2.25. The summed E-state index contributed by atoms with van der Waals surface area (Å²) in [6.07, 6.45) is -2.88. The number of Topliss-reactive ketones (excluding diaryl/α,β-unsaturated/α-hetero) is 1. The molecule has 0 bridgehead atoms. The van der Waals surface area contributed by atoms with Crippen LogP contribution in [0.3, 0.4) is 0 Å². The Morgan fingerprint density at radius 1 is 1.47 bits per heavy atom. The van der Waals surface area contributed by atoms with E-state index in [9.17, 15) is 18.0 Å². The van der Waals surface area contributed by atoms with Crippen LogP contribution >= 0.6 is 11.8 Å². The van der Waals surface area contributed by atoms with Crippen molar-refractivity contribution < 1.29 is 22.7 Å². The van der Waals surface area contributed by atoms with Crippen molar-refractivity contribution in [3.8, 4) is 0 Å². The van der Waals surface area contributed by atoms with Gasteiger partial charge in [0.2, 0.25) is 0 Å². The highest BCUT2D eigenvalue weighted by Gasteiger charge is 2.30. The maximum atomic E-state index is 12.3. The second-order valence-electron chi connectivity index (χ2n) is 4.20. The van der Waals surface area contributed by atoms with E-state index in [4.69, 9.17) is 4.74 Å². The van der Waals surface area contributed by atoms with E-state index in [0.717, 1.165) is 30.4 Å². The van der Waals surface area contributed by atoms with Gasteiger partial charge in [-0.05, 0) is 18.6 Å². The fourth-order valence-electron chi connectivity index (χ4n) is 1.68. The minimum Gasteiger partial charge on any atom is -0.381 e. The Kier molecular flexibility index (Phi) is 4.46. The van der Waals surface area contributed by atoms with Crippen LogP contribution in [0.25, 0.3) is 0 Å². The van der Waals surface area contributed by atoms with Crippen LogP contribution in [0.2, 0.25) is 0 Å². The number of nitrogens with zero attached hydrogens (tertiary/aromatic N) is 1. The Balaban J connectivity index is 1.87. The number of ketones is 1. The quantitative estimate of drug-likeness (QED) is 0.800. The normalized spacial score (nSPS) is 19.6. The minimum atomic E-state index is -4.38. The maximum Gasteiger partial charge on any atom is 0.417 e. The van der Waals surface area contributed by atoms with Crippen LogP contribution in [0, 0.1) is 5.92 Å². The summed E-state index contributed by atoms with van der Waals surface area (Å²) < 4.78 is 42.1. The van der Waals surface area contributed by atoms with Crippen molar-refractivity contribution in [2.75, 3.05) is 19.0 Å². The van der Waals surface area contributed by atoms with E-state index < -0.39 is 11.7 Å². The predicted molar refractivity (Wildman–Crippen MR) is 63.9 cm³/mol. The van der Waals surface area contributed by atoms with Gasteiger partial charge in [0, 0.05) is 18.7 Å². The highest BCUT2D eigenvalue weighted by Crippen LogP contribution is 2.29. The van der Waals surface area contributed by atoms with Crippen molar-refractivity contribution in [3.63, 3.8) is 0 Å². The average Bonchev–Trinajstić information content (AvgIpc) is 2.89. The summed E-state index contributed by atoms with van der Waals surface area (Å²) in [5.74, 6) is 0.193. The Bertz CT molecular complexity index is 441. The molecule has 7 heteroatoms. The lowest BCUT2D eigenvalue weighted by Gasteiger charge is -2.07. The first-order chi connectivity index (χ1) is 8.97. The van der Waals surface area contributed by atoms with E-state index in [1.165, 1.54) is 6.07 Å². The molecule has 1 unspecified atom stereocenters. The fraction of sp³-hybridized carbons (Fsp3) is 0.500. The second-order valence-corrected chi connectivity index (χ2v) is 5.19. The van der Waals surface area contributed by atoms with Gasteiger partial charge in [-0.3, -0.25) is 4.79 Å². The molecule has 0 N–H and O–H groups in total. The molecule has 104 valence electrons. The van der Waals surface area contributed by atoms with Gasteiger partial charge in [-0.15, -0.1) is 0 Å². The summed E-state index contributed by atoms with van der Waals surface area (Å²) in [5, 5.41) is 0.417. The lowest BCUT2D eigenvalue weighted by Crippen LogP contribution is -2.16. The van der Waals surface area contributed by atoms with Gasteiger partial charge in [-0.2, -0.15) is 13.2 Å². The van der Waals surface area contributed by atoms with Crippen LogP contribution in [0.4, 0.5) is 13.2 Å². The molecule has 1 aromatic rings. The van der Waals surface area contributed by atoms with Crippen LogP contribution in [0.15, 0.2) is 23.4 Å². The summed E-state index contributed by atoms with van der Waals surface area (Å²) >= 11 is 1.15. The van der Waals surface area contributed by atoms with E-state index in [1.807, 2.05) is 0 Å². The molecule has 2 rings (SSSR count). The molecule has 0 amide bonds. The topological polar surface area (TPSA) is 39.2 Å². The monoisotopic (exact) mass is 291 g/mol. The zero-order chi connectivity index (χ0) is 13.9. The highest BCUT2D eigenvalue weighted by molar-refractivity contribution is 7.99. The lowest BCUT2D eigenvalue weighted by molar-refractivity contribution is -0.137. The first-order valence-corrected chi connectivity index (χ1v) is 6.72. The fourth-order valence-corrected chi connectivity index (χ4v) is 2.50. The van der Waals surface area contributed by atoms with Gasteiger partial charge in [-0.25, -0.2) is 4.98 Å². The van der Waals surface area contributed by atoms with Gasteiger partial charge >= 0.3 is 6.18 Å². The Labute approximate surface area is 112 Å². The van der Waals surface area contributed by atoms with Crippen LogP contribution in [-0.4, -0.2) is 29.7 Å². The van der Waals surface area contributed by atoms with Gasteiger partial charge in [0.15, 0.2) is 0 Å². The number of rotatable bonds is 4. The Hall–Kier alpha value is -1.08.